The van der Waals surface area contributed by atoms with Crippen LogP contribution in [0.25, 0.3) is 0 Å². The molecule has 2 atom stereocenters. The maximum atomic E-state index is 11.1. The lowest BCUT2D eigenvalue weighted by molar-refractivity contribution is -0.0293. The van der Waals surface area contributed by atoms with E-state index in [1.807, 2.05) is 36.0 Å². The van der Waals surface area contributed by atoms with Crippen LogP contribution < -0.4 is 0 Å². The molecule has 1 N–H and O–H groups in total. The van der Waals surface area contributed by atoms with Gasteiger partial charge in [0, 0.05) is 23.2 Å². The number of halogens is 1. The monoisotopic (exact) mass is 285 g/mol. The molecular weight excluding hydrogens is 266 g/mol. The molecule has 0 spiro atoms. The molecule has 100 valence electrons. The smallest absolute Gasteiger partial charge is 0.0953 e. The van der Waals surface area contributed by atoms with E-state index in [4.69, 9.17) is 11.6 Å². The Labute approximate surface area is 118 Å². The highest BCUT2D eigenvalue weighted by Gasteiger charge is 2.40. The molecule has 1 saturated heterocycles. The minimum Gasteiger partial charge on any atom is -0.385 e. The number of rotatable bonds is 3. The second-order valence-electron chi connectivity index (χ2n) is 5.22. The molecule has 0 aromatic heterocycles. The molecule has 1 aliphatic rings. The van der Waals surface area contributed by atoms with Crippen molar-refractivity contribution in [3.8, 4) is 0 Å². The lowest BCUT2D eigenvalue weighted by atomic mass is 9.79. The second-order valence-corrected chi connectivity index (χ2v) is 6.80. The van der Waals surface area contributed by atoms with E-state index >= 15 is 0 Å². The van der Waals surface area contributed by atoms with Crippen molar-refractivity contribution in [2.24, 2.45) is 5.92 Å². The topological polar surface area (TPSA) is 23.5 Å². The van der Waals surface area contributed by atoms with Gasteiger partial charge in [0.05, 0.1) is 5.60 Å². The van der Waals surface area contributed by atoms with Crippen molar-refractivity contribution in [1.29, 1.82) is 0 Å². The van der Waals surface area contributed by atoms with Crippen LogP contribution in [0.15, 0.2) is 24.3 Å². The van der Waals surface area contributed by atoms with Gasteiger partial charge in [0.25, 0.3) is 0 Å². The molecule has 0 radical (unpaired) electrons. The first kappa shape index (κ1) is 14.2. The molecule has 1 aromatic rings. The van der Waals surface area contributed by atoms with E-state index < -0.39 is 5.60 Å². The van der Waals surface area contributed by atoms with E-state index in [1.54, 1.807) is 0 Å². The Kier molecular flexibility index (Phi) is 4.59. The summed E-state index contributed by atoms with van der Waals surface area (Å²) in [5.41, 5.74) is 0.225. The van der Waals surface area contributed by atoms with Gasteiger partial charge >= 0.3 is 0 Å². The lowest BCUT2D eigenvalue weighted by Crippen LogP contribution is -2.45. The van der Waals surface area contributed by atoms with Gasteiger partial charge in [-0.05, 0) is 44.0 Å². The molecule has 18 heavy (non-hydrogen) atoms. The standard InChI is InChI=1S/C14H20ClNOS/c1-16(2)9-12-10-18-7-6-14(12,17)11-4-3-5-13(15)8-11/h3-5,8,12,17H,6-7,9-10H2,1-2H3/t12-,14-/m0/s1. The highest BCUT2D eigenvalue weighted by Crippen LogP contribution is 2.41. The maximum Gasteiger partial charge on any atom is 0.0953 e. The number of thioether (sulfide) groups is 1. The normalized spacial score (nSPS) is 28.6. The van der Waals surface area contributed by atoms with Gasteiger partial charge in [-0.2, -0.15) is 11.8 Å². The van der Waals surface area contributed by atoms with E-state index in [2.05, 4.69) is 19.0 Å². The fraction of sp³-hybridized carbons (Fsp3) is 0.571. The molecule has 0 bridgehead atoms. The van der Waals surface area contributed by atoms with Crippen LogP contribution in [0.3, 0.4) is 0 Å². The predicted octanol–water partition coefficient (Wildman–Crippen LogP) is 2.84. The highest BCUT2D eigenvalue weighted by atomic mass is 35.5. The van der Waals surface area contributed by atoms with E-state index in [1.165, 1.54) is 0 Å². The average molecular weight is 286 g/mol. The van der Waals surface area contributed by atoms with Gasteiger partial charge < -0.3 is 10.0 Å². The van der Waals surface area contributed by atoms with Crippen molar-refractivity contribution < 1.29 is 5.11 Å². The molecule has 1 aliphatic heterocycles. The summed E-state index contributed by atoms with van der Waals surface area (Å²) in [5.74, 6) is 2.26. The average Bonchev–Trinajstić information content (AvgIpc) is 2.32. The van der Waals surface area contributed by atoms with Crippen molar-refractivity contribution in [3.05, 3.63) is 34.9 Å². The molecular formula is C14H20ClNOS. The van der Waals surface area contributed by atoms with Crippen molar-refractivity contribution in [2.45, 2.75) is 12.0 Å². The fourth-order valence-corrected chi connectivity index (χ4v) is 4.06. The van der Waals surface area contributed by atoms with E-state index in [0.29, 0.717) is 5.02 Å². The molecule has 2 nitrogen and oxygen atoms in total. The molecule has 0 saturated carbocycles. The van der Waals surface area contributed by atoms with Crippen molar-refractivity contribution >= 4 is 23.4 Å². The van der Waals surface area contributed by atoms with E-state index in [9.17, 15) is 5.11 Å². The summed E-state index contributed by atoms with van der Waals surface area (Å²) >= 11 is 7.98. The van der Waals surface area contributed by atoms with E-state index in [-0.39, 0.29) is 5.92 Å². The van der Waals surface area contributed by atoms with Crippen LogP contribution in [0.5, 0.6) is 0 Å². The Bertz CT molecular complexity index is 413. The maximum absolute atomic E-state index is 11.1. The zero-order valence-corrected chi connectivity index (χ0v) is 12.5. The molecule has 0 aliphatic carbocycles. The summed E-state index contributed by atoms with van der Waals surface area (Å²) in [7, 11) is 4.11. The van der Waals surface area contributed by atoms with Gasteiger partial charge in [0.2, 0.25) is 0 Å². The van der Waals surface area contributed by atoms with Crippen LogP contribution in [-0.4, -0.2) is 42.2 Å². The minimum atomic E-state index is -0.736. The fourth-order valence-electron chi connectivity index (χ4n) is 2.58. The van der Waals surface area contributed by atoms with Gasteiger partial charge in [-0.3, -0.25) is 0 Å². The van der Waals surface area contributed by atoms with Gasteiger partial charge in [0.1, 0.15) is 0 Å². The van der Waals surface area contributed by atoms with Gasteiger partial charge in [0.15, 0.2) is 0 Å². The number of hydrogen-bond acceptors (Lipinski definition) is 3. The Morgan fingerprint density at radius 1 is 1.50 bits per heavy atom. The largest absolute Gasteiger partial charge is 0.385 e. The summed E-state index contributed by atoms with van der Waals surface area (Å²) in [6.07, 6.45) is 0.802. The summed E-state index contributed by atoms with van der Waals surface area (Å²) < 4.78 is 0. The van der Waals surface area contributed by atoms with Crippen molar-refractivity contribution in [3.63, 3.8) is 0 Å². The number of aliphatic hydroxyl groups is 1. The van der Waals surface area contributed by atoms with Crippen LogP contribution in [0.2, 0.25) is 5.02 Å². The third-order valence-electron chi connectivity index (χ3n) is 3.53. The van der Waals surface area contributed by atoms with Crippen LogP contribution >= 0.6 is 23.4 Å². The molecule has 1 fully saturated rings. The summed E-state index contributed by atoms with van der Waals surface area (Å²) in [4.78, 5) is 2.14. The predicted molar refractivity (Wildman–Crippen MR) is 79.3 cm³/mol. The third-order valence-corrected chi connectivity index (χ3v) is 4.90. The van der Waals surface area contributed by atoms with Gasteiger partial charge in [-0.15, -0.1) is 0 Å². The molecule has 4 heteroatoms. The molecule has 0 unspecified atom stereocenters. The SMILES string of the molecule is CN(C)C[C@H]1CSCC[C@]1(O)c1cccc(Cl)c1. The Hall–Kier alpha value is -0.220. The number of hydrogen-bond donors (Lipinski definition) is 1. The third kappa shape index (κ3) is 3.02. The summed E-state index contributed by atoms with van der Waals surface area (Å²) in [6, 6.07) is 7.67. The van der Waals surface area contributed by atoms with Crippen LogP contribution in [0.1, 0.15) is 12.0 Å². The Morgan fingerprint density at radius 2 is 2.28 bits per heavy atom. The zero-order chi connectivity index (χ0) is 13.2. The number of benzene rings is 1. The zero-order valence-electron chi connectivity index (χ0n) is 10.9. The minimum absolute atomic E-state index is 0.254. The van der Waals surface area contributed by atoms with Crippen LogP contribution in [-0.2, 0) is 5.60 Å². The molecule has 2 rings (SSSR count). The Balaban J connectivity index is 2.29. The first-order valence-corrected chi connectivity index (χ1v) is 7.76. The van der Waals surface area contributed by atoms with Crippen molar-refractivity contribution in [2.75, 3.05) is 32.1 Å². The first-order valence-electron chi connectivity index (χ1n) is 6.23. The molecule has 1 heterocycles. The summed E-state index contributed by atoms with van der Waals surface area (Å²) in [5, 5.41) is 11.8. The summed E-state index contributed by atoms with van der Waals surface area (Å²) in [6.45, 7) is 0.899. The van der Waals surface area contributed by atoms with Crippen LogP contribution in [0.4, 0.5) is 0 Å². The van der Waals surface area contributed by atoms with Gasteiger partial charge in [-0.1, -0.05) is 23.7 Å². The molecule has 0 amide bonds. The first-order chi connectivity index (χ1) is 8.52. The quantitative estimate of drug-likeness (QED) is 0.924. The highest BCUT2D eigenvalue weighted by molar-refractivity contribution is 7.99. The number of nitrogens with zero attached hydrogens (tertiary/aromatic N) is 1. The molecule has 1 aromatic carbocycles. The van der Waals surface area contributed by atoms with Gasteiger partial charge in [-0.25, -0.2) is 0 Å². The van der Waals surface area contributed by atoms with Crippen LogP contribution in [0, 0.1) is 5.92 Å². The second kappa shape index (κ2) is 5.83. The Morgan fingerprint density at radius 3 is 2.94 bits per heavy atom. The van der Waals surface area contributed by atoms with E-state index in [0.717, 1.165) is 30.0 Å². The van der Waals surface area contributed by atoms with Crippen molar-refractivity contribution in [1.82, 2.24) is 4.90 Å². The lowest BCUT2D eigenvalue weighted by Gasteiger charge is -2.41.